The van der Waals surface area contributed by atoms with Crippen molar-refractivity contribution in [2.45, 2.75) is 25.8 Å². The zero-order valence-corrected chi connectivity index (χ0v) is 16.3. The lowest BCUT2D eigenvalue weighted by atomic mass is 10.1. The van der Waals surface area contributed by atoms with E-state index >= 15 is 0 Å². The number of anilines is 1. The molecule has 0 bridgehead atoms. The summed E-state index contributed by atoms with van der Waals surface area (Å²) in [5.41, 5.74) is 1.51. The van der Waals surface area contributed by atoms with Gasteiger partial charge in [-0.25, -0.2) is 0 Å². The first-order valence-electron chi connectivity index (χ1n) is 8.70. The molecule has 0 unspecified atom stereocenters. The SMILES string of the molecule is C[C@@H](NC(=O)COc1cccc(NC(=O)C2CC2)c1)c1ccc(Cl)c(Cl)c1. The van der Waals surface area contributed by atoms with E-state index in [1.165, 1.54) is 0 Å². The van der Waals surface area contributed by atoms with Crippen molar-refractivity contribution < 1.29 is 14.3 Å². The predicted octanol–water partition coefficient (Wildman–Crippen LogP) is 4.60. The largest absolute Gasteiger partial charge is 0.484 e. The van der Waals surface area contributed by atoms with Gasteiger partial charge < -0.3 is 15.4 Å². The van der Waals surface area contributed by atoms with E-state index < -0.39 is 0 Å². The highest BCUT2D eigenvalue weighted by Crippen LogP contribution is 2.30. The number of nitrogens with one attached hydrogen (secondary N) is 2. The second-order valence-corrected chi connectivity index (χ2v) is 7.36. The second-order valence-electron chi connectivity index (χ2n) is 6.54. The van der Waals surface area contributed by atoms with E-state index in [1.54, 1.807) is 36.4 Å². The first kappa shape index (κ1) is 19.5. The molecule has 5 nitrogen and oxygen atoms in total. The summed E-state index contributed by atoms with van der Waals surface area (Å²) < 4.78 is 5.54. The van der Waals surface area contributed by atoms with Crippen molar-refractivity contribution in [1.82, 2.24) is 5.32 Å². The van der Waals surface area contributed by atoms with Gasteiger partial charge in [-0.3, -0.25) is 9.59 Å². The number of rotatable bonds is 7. The molecule has 2 N–H and O–H groups in total. The average molecular weight is 407 g/mol. The summed E-state index contributed by atoms with van der Waals surface area (Å²) in [6, 6.07) is 12.0. The standard InChI is InChI=1S/C20H20Cl2N2O3/c1-12(14-7-8-17(21)18(22)9-14)23-19(25)11-27-16-4-2-3-15(10-16)24-20(26)13-5-6-13/h2-4,7-10,12-13H,5-6,11H2,1H3,(H,23,25)(H,24,26)/t12-/m1/s1. The van der Waals surface area contributed by atoms with Gasteiger partial charge in [0.2, 0.25) is 5.91 Å². The zero-order valence-electron chi connectivity index (χ0n) is 14.8. The number of carbonyl (C=O) groups is 2. The van der Waals surface area contributed by atoms with Gasteiger partial charge in [-0.1, -0.05) is 35.3 Å². The second kappa shape index (κ2) is 8.63. The van der Waals surface area contributed by atoms with Crippen LogP contribution >= 0.6 is 23.2 Å². The van der Waals surface area contributed by atoms with Crippen LogP contribution in [-0.2, 0) is 9.59 Å². The predicted molar refractivity (Wildman–Crippen MR) is 106 cm³/mol. The number of carbonyl (C=O) groups excluding carboxylic acids is 2. The Morgan fingerprint density at radius 2 is 1.93 bits per heavy atom. The maximum Gasteiger partial charge on any atom is 0.258 e. The molecular weight excluding hydrogens is 387 g/mol. The Balaban J connectivity index is 1.51. The number of hydrogen-bond acceptors (Lipinski definition) is 3. The van der Waals surface area contributed by atoms with Gasteiger partial charge in [0.05, 0.1) is 16.1 Å². The molecule has 0 aromatic heterocycles. The summed E-state index contributed by atoms with van der Waals surface area (Å²) in [6.07, 6.45) is 1.89. The van der Waals surface area contributed by atoms with Gasteiger partial charge in [0.15, 0.2) is 6.61 Å². The molecule has 1 aliphatic carbocycles. The van der Waals surface area contributed by atoms with Crippen LogP contribution in [0.3, 0.4) is 0 Å². The number of amides is 2. The van der Waals surface area contributed by atoms with Gasteiger partial charge in [0.25, 0.3) is 5.91 Å². The van der Waals surface area contributed by atoms with Crippen LogP contribution < -0.4 is 15.4 Å². The molecule has 0 aliphatic heterocycles. The van der Waals surface area contributed by atoms with Crippen molar-refractivity contribution in [1.29, 1.82) is 0 Å². The van der Waals surface area contributed by atoms with Crippen LogP contribution in [-0.4, -0.2) is 18.4 Å². The van der Waals surface area contributed by atoms with Crippen molar-refractivity contribution >= 4 is 40.7 Å². The molecule has 2 aromatic rings. The fraction of sp³-hybridized carbons (Fsp3) is 0.300. The summed E-state index contributed by atoms with van der Waals surface area (Å²) in [5.74, 6) is 0.408. The highest BCUT2D eigenvalue weighted by Gasteiger charge is 2.29. The maximum absolute atomic E-state index is 12.1. The van der Waals surface area contributed by atoms with Crippen molar-refractivity contribution in [3.63, 3.8) is 0 Å². The third-order valence-corrected chi connectivity index (χ3v) is 4.98. The number of halogens is 2. The average Bonchev–Trinajstić information content (AvgIpc) is 3.48. The molecule has 1 fully saturated rings. The van der Waals surface area contributed by atoms with Crippen molar-refractivity contribution in [3.8, 4) is 5.75 Å². The van der Waals surface area contributed by atoms with E-state index in [1.807, 2.05) is 13.0 Å². The van der Waals surface area contributed by atoms with E-state index in [9.17, 15) is 9.59 Å². The van der Waals surface area contributed by atoms with E-state index in [2.05, 4.69) is 10.6 Å². The lowest BCUT2D eigenvalue weighted by Gasteiger charge is -2.15. The molecule has 2 aromatic carbocycles. The molecule has 0 spiro atoms. The van der Waals surface area contributed by atoms with Gasteiger partial charge in [0.1, 0.15) is 5.75 Å². The molecule has 1 atom stereocenters. The Kier molecular flexibility index (Phi) is 6.24. The van der Waals surface area contributed by atoms with Gasteiger partial charge in [-0.2, -0.15) is 0 Å². The summed E-state index contributed by atoms with van der Waals surface area (Å²) in [6.45, 7) is 1.72. The van der Waals surface area contributed by atoms with Gasteiger partial charge >= 0.3 is 0 Å². The zero-order chi connectivity index (χ0) is 19.4. The fourth-order valence-electron chi connectivity index (χ4n) is 2.55. The summed E-state index contributed by atoms with van der Waals surface area (Å²) in [5, 5.41) is 6.61. The number of ether oxygens (including phenoxy) is 1. The van der Waals surface area contributed by atoms with Crippen LogP contribution in [0.4, 0.5) is 5.69 Å². The smallest absolute Gasteiger partial charge is 0.258 e. The van der Waals surface area contributed by atoms with Crippen molar-refractivity contribution in [2.24, 2.45) is 5.92 Å². The Morgan fingerprint density at radius 1 is 1.15 bits per heavy atom. The summed E-state index contributed by atoms with van der Waals surface area (Å²) in [7, 11) is 0. The highest BCUT2D eigenvalue weighted by molar-refractivity contribution is 6.42. The molecule has 1 aliphatic rings. The van der Waals surface area contributed by atoms with Gasteiger partial charge in [0, 0.05) is 17.7 Å². The Bertz CT molecular complexity index is 853. The number of benzene rings is 2. The van der Waals surface area contributed by atoms with E-state index in [0.717, 1.165) is 18.4 Å². The van der Waals surface area contributed by atoms with Gasteiger partial charge in [-0.15, -0.1) is 0 Å². The summed E-state index contributed by atoms with van der Waals surface area (Å²) in [4.78, 5) is 24.0. The Labute approximate surface area is 168 Å². The third kappa shape index (κ3) is 5.62. The minimum Gasteiger partial charge on any atom is -0.484 e. The lowest BCUT2D eigenvalue weighted by Crippen LogP contribution is -2.31. The topological polar surface area (TPSA) is 67.4 Å². The first-order chi connectivity index (χ1) is 12.9. The molecule has 3 rings (SSSR count). The third-order valence-electron chi connectivity index (χ3n) is 4.24. The van der Waals surface area contributed by atoms with E-state index in [-0.39, 0.29) is 30.4 Å². The molecule has 2 amide bonds. The maximum atomic E-state index is 12.1. The van der Waals surface area contributed by atoms with Gasteiger partial charge in [-0.05, 0) is 49.6 Å². The first-order valence-corrected chi connectivity index (χ1v) is 9.46. The van der Waals surface area contributed by atoms with Crippen LogP contribution in [0, 0.1) is 5.92 Å². The summed E-state index contributed by atoms with van der Waals surface area (Å²) >= 11 is 11.9. The van der Waals surface area contributed by atoms with Crippen LogP contribution in [0.5, 0.6) is 5.75 Å². The lowest BCUT2D eigenvalue weighted by molar-refractivity contribution is -0.123. The molecule has 0 radical (unpaired) electrons. The molecule has 0 heterocycles. The van der Waals surface area contributed by atoms with Crippen molar-refractivity contribution in [3.05, 3.63) is 58.1 Å². The monoisotopic (exact) mass is 406 g/mol. The van der Waals surface area contributed by atoms with Crippen LogP contribution in [0.1, 0.15) is 31.4 Å². The Morgan fingerprint density at radius 3 is 2.63 bits per heavy atom. The molecule has 27 heavy (non-hydrogen) atoms. The highest BCUT2D eigenvalue weighted by atomic mass is 35.5. The minimum atomic E-state index is -0.263. The van der Waals surface area contributed by atoms with Crippen LogP contribution in [0.25, 0.3) is 0 Å². The quantitative estimate of drug-likeness (QED) is 0.705. The molecule has 7 heteroatoms. The van der Waals surface area contributed by atoms with E-state index in [4.69, 9.17) is 27.9 Å². The molecular formula is C20H20Cl2N2O3. The van der Waals surface area contributed by atoms with Crippen LogP contribution in [0.2, 0.25) is 10.0 Å². The molecule has 0 saturated heterocycles. The van der Waals surface area contributed by atoms with Crippen LogP contribution in [0.15, 0.2) is 42.5 Å². The van der Waals surface area contributed by atoms with E-state index in [0.29, 0.717) is 21.5 Å². The van der Waals surface area contributed by atoms with Crippen molar-refractivity contribution in [2.75, 3.05) is 11.9 Å². The molecule has 1 saturated carbocycles. The fourth-order valence-corrected chi connectivity index (χ4v) is 2.86. The normalized spacial score (nSPS) is 14.3. The molecule has 142 valence electrons. The minimum absolute atomic E-state index is 0.0281. The number of hydrogen-bond donors (Lipinski definition) is 2. The Hall–Kier alpha value is -2.24.